The maximum absolute atomic E-state index is 13.3. The number of hydrogen-bond donors (Lipinski definition) is 2. The minimum Gasteiger partial charge on any atom is -0.497 e. The number of ether oxygens (including phenoxy) is 1. The number of halogens is 1. The minimum absolute atomic E-state index is 0.337. The summed E-state index contributed by atoms with van der Waals surface area (Å²) in [7, 11) is 1.55. The molecule has 0 bridgehead atoms. The number of carbonyl (C=O) groups excluding carboxylic acids is 2. The Morgan fingerprint density at radius 3 is 2.31 bits per heavy atom. The minimum atomic E-state index is -0.830. The number of nitrogens with zero attached hydrogens (tertiary/aromatic N) is 1. The summed E-state index contributed by atoms with van der Waals surface area (Å²) in [5, 5.41) is 2.86. The molecule has 0 aromatic heterocycles. The fourth-order valence-corrected chi connectivity index (χ4v) is 3.62. The van der Waals surface area contributed by atoms with E-state index in [0.717, 1.165) is 11.1 Å². The largest absolute Gasteiger partial charge is 0.497 e. The third-order valence-electron chi connectivity index (χ3n) is 5.35. The zero-order chi connectivity index (χ0) is 22.7. The number of methoxy groups -OCH3 is 1. The summed E-state index contributed by atoms with van der Waals surface area (Å²) in [6.07, 6.45) is 1.72. The Morgan fingerprint density at radius 2 is 1.69 bits per heavy atom. The molecule has 3 aromatic carbocycles. The van der Waals surface area contributed by atoms with Crippen LogP contribution in [0, 0.1) is 12.7 Å². The van der Waals surface area contributed by atoms with E-state index in [1.54, 1.807) is 54.4 Å². The molecular weight excluding hydrogens is 409 g/mol. The number of aryl methyl sites for hydroxylation is 1. The van der Waals surface area contributed by atoms with Crippen LogP contribution in [-0.2, 0) is 4.79 Å². The van der Waals surface area contributed by atoms with E-state index in [9.17, 15) is 14.0 Å². The third-order valence-corrected chi connectivity index (χ3v) is 5.35. The van der Waals surface area contributed by atoms with Crippen LogP contribution in [0.2, 0.25) is 0 Å². The van der Waals surface area contributed by atoms with E-state index < -0.39 is 12.1 Å². The second-order valence-electron chi connectivity index (χ2n) is 7.60. The van der Waals surface area contributed by atoms with Gasteiger partial charge in [-0.05, 0) is 55.5 Å². The van der Waals surface area contributed by atoms with Crippen molar-refractivity contribution in [1.82, 2.24) is 10.7 Å². The molecule has 0 saturated carbocycles. The fraction of sp³-hybridized carbons (Fsp3) is 0.160. The van der Waals surface area contributed by atoms with E-state index in [4.69, 9.17) is 4.74 Å². The molecule has 3 aromatic rings. The highest BCUT2D eigenvalue weighted by atomic mass is 19.1. The van der Waals surface area contributed by atoms with Gasteiger partial charge in [-0.25, -0.2) is 4.39 Å². The average molecular weight is 432 g/mol. The number of hydrazine groups is 1. The van der Waals surface area contributed by atoms with Crippen molar-refractivity contribution < 1.29 is 23.4 Å². The Bertz CT molecular complexity index is 1160. The van der Waals surface area contributed by atoms with Gasteiger partial charge >= 0.3 is 5.91 Å². The summed E-state index contributed by atoms with van der Waals surface area (Å²) >= 11 is 0. The van der Waals surface area contributed by atoms with Crippen molar-refractivity contribution in [2.75, 3.05) is 7.11 Å². The van der Waals surface area contributed by atoms with Crippen LogP contribution in [-0.4, -0.2) is 35.9 Å². The Labute approximate surface area is 185 Å². The standard InChI is InChI=1S/C25H22FN3O3/c1-16-3-7-18(8-4-16)23-22(27-24(30)19-9-13-21(32-2)14-10-19)25(31)28-29(23)15-17-5-11-20(26)12-6-17/h3-15,22-23H,1-2H3,(H-,27,28,30,31)/p+1/b29-15-/t22-,23+/m0/s1. The number of nitrogens with one attached hydrogen (secondary N) is 2. The first-order valence-electron chi connectivity index (χ1n) is 10.2. The van der Waals surface area contributed by atoms with Gasteiger partial charge in [0.1, 0.15) is 11.6 Å². The predicted octanol–water partition coefficient (Wildman–Crippen LogP) is 3.16. The quantitative estimate of drug-likeness (QED) is 0.609. The second-order valence-corrected chi connectivity index (χ2v) is 7.60. The van der Waals surface area contributed by atoms with Crippen LogP contribution in [0.3, 0.4) is 0 Å². The molecule has 1 saturated heterocycles. The Morgan fingerprint density at radius 1 is 1.03 bits per heavy atom. The maximum Gasteiger partial charge on any atom is 0.304 e. The highest BCUT2D eigenvalue weighted by Crippen LogP contribution is 2.26. The van der Waals surface area contributed by atoms with E-state index >= 15 is 0 Å². The molecule has 162 valence electrons. The fourth-order valence-electron chi connectivity index (χ4n) is 3.62. The first kappa shape index (κ1) is 21.2. The highest BCUT2D eigenvalue weighted by Gasteiger charge is 2.47. The van der Waals surface area contributed by atoms with Crippen LogP contribution in [0.25, 0.3) is 0 Å². The zero-order valence-electron chi connectivity index (χ0n) is 17.7. The van der Waals surface area contributed by atoms with Gasteiger partial charge in [-0.3, -0.25) is 9.59 Å². The first-order chi connectivity index (χ1) is 15.4. The van der Waals surface area contributed by atoms with E-state index in [1.807, 2.05) is 31.2 Å². The third kappa shape index (κ3) is 4.51. The zero-order valence-corrected chi connectivity index (χ0v) is 17.7. The molecule has 2 atom stereocenters. The summed E-state index contributed by atoms with van der Waals surface area (Å²) in [6.45, 7) is 1.98. The van der Waals surface area contributed by atoms with Gasteiger partial charge < -0.3 is 10.1 Å². The van der Waals surface area contributed by atoms with Crippen molar-refractivity contribution in [2.24, 2.45) is 0 Å². The van der Waals surface area contributed by atoms with Crippen LogP contribution in [0.4, 0.5) is 4.39 Å². The Kier molecular flexibility index (Phi) is 5.98. The van der Waals surface area contributed by atoms with Crippen molar-refractivity contribution in [3.63, 3.8) is 0 Å². The van der Waals surface area contributed by atoms with E-state index in [1.165, 1.54) is 12.1 Å². The summed E-state index contributed by atoms with van der Waals surface area (Å²) in [6, 6.07) is 19.1. The topological polar surface area (TPSA) is 70.4 Å². The molecule has 0 radical (unpaired) electrons. The average Bonchev–Trinajstić information content (AvgIpc) is 3.10. The molecule has 2 N–H and O–H groups in total. The molecule has 0 unspecified atom stereocenters. The molecule has 32 heavy (non-hydrogen) atoms. The Balaban J connectivity index is 1.67. The molecule has 1 aliphatic rings. The smallest absolute Gasteiger partial charge is 0.304 e. The second kappa shape index (κ2) is 9.01. The molecule has 1 aliphatic heterocycles. The lowest BCUT2D eigenvalue weighted by molar-refractivity contribution is -0.596. The van der Waals surface area contributed by atoms with Gasteiger partial charge in [0.05, 0.1) is 7.11 Å². The normalized spacial score (nSPS) is 19.0. The van der Waals surface area contributed by atoms with Crippen molar-refractivity contribution in [1.29, 1.82) is 0 Å². The molecule has 1 fully saturated rings. The number of hydrogen-bond acceptors (Lipinski definition) is 3. The summed E-state index contributed by atoms with van der Waals surface area (Å²) in [5.41, 5.74) is 5.88. The lowest BCUT2D eigenvalue weighted by Crippen LogP contribution is -2.42. The van der Waals surface area contributed by atoms with Gasteiger partial charge in [-0.15, -0.1) is 10.1 Å². The molecule has 0 aliphatic carbocycles. The number of hydrazone groups is 1. The van der Waals surface area contributed by atoms with Crippen molar-refractivity contribution in [3.8, 4) is 5.75 Å². The van der Waals surface area contributed by atoms with E-state index in [0.29, 0.717) is 16.9 Å². The van der Waals surface area contributed by atoms with E-state index in [2.05, 4.69) is 10.7 Å². The predicted molar refractivity (Wildman–Crippen MR) is 118 cm³/mol. The molecular formula is C25H23FN3O3+. The summed E-state index contributed by atoms with van der Waals surface area (Å²) < 4.78 is 20.1. The number of rotatable bonds is 5. The van der Waals surface area contributed by atoms with Crippen molar-refractivity contribution in [2.45, 2.75) is 19.0 Å². The van der Waals surface area contributed by atoms with Gasteiger partial charge in [-0.2, -0.15) is 0 Å². The Hall–Kier alpha value is -4.00. The molecule has 1 heterocycles. The first-order valence-corrected chi connectivity index (χ1v) is 10.2. The molecule has 4 rings (SSSR count). The van der Waals surface area contributed by atoms with E-state index in [-0.39, 0.29) is 17.6 Å². The van der Waals surface area contributed by atoms with Gasteiger partial charge in [0.2, 0.25) is 12.3 Å². The number of benzene rings is 3. The van der Waals surface area contributed by atoms with Gasteiger partial charge in [-0.1, -0.05) is 29.8 Å². The van der Waals surface area contributed by atoms with Gasteiger partial charge in [0.15, 0.2) is 6.04 Å². The summed E-state index contributed by atoms with van der Waals surface area (Å²) in [5.74, 6) is -0.408. The SMILES string of the molecule is COc1ccc(C(=O)N[C@@H]2C(=O)N/[N+](=C\c3ccc(F)cc3)[C@@H]2c2ccc(C)cc2)cc1. The molecule has 2 amide bonds. The van der Waals surface area contributed by atoms with Crippen LogP contribution in [0.5, 0.6) is 5.75 Å². The molecule has 6 nitrogen and oxygen atoms in total. The van der Waals surface area contributed by atoms with Crippen molar-refractivity contribution >= 4 is 18.0 Å². The monoisotopic (exact) mass is 432 g/mol. The number of carbonyl (C=O) groups is 2. The van der Waals surface area contributed by atoms with Crippen molar-refractivity contribution in [3.05, 3.63) is 101 Å². The lowest BCUT2D eigenvalue weighted by atomic mass is 9.98. The number of amides is 2. The highest BCUT2D eigenvalue weighted by molar-refractivity contribution is 5.98. The van der Waals surface area contributed by atoms with Gasteiger partial charge in [0.25, 0.3) is 5.91 Å². The van der Waals surface area contributed by atoms with Crippen LogP contribution >= 0.6 is 0 Å². The van der Waals surface area contributed by atoms with Crippen LogP contribution < -0.4 is 15.5 Å². The molecule has 7 heteroatoms. The summed E-state index contributed by atoms with van der Waals surface area (Å²) in [4.78, 5) is 25.8. The lowest BCUT2D eigenvalue weighted by Gasteiger charge is -2.15. The van der Waals surface area contributed by atoms with Gasteiger partial charge in [0, 0.05) is 16.7 Å². The van der Waals surface area contributed by atoms with Crippen LogP contribution in [0.1, 0.15) is 33.1 Å². The molecule has 0 spiro atoms. The maximum atomic E-state index is 13.3. The van der Waals surface area contributed by atoms with Crippen LogP contribution in [0.15, 0.2) is 72.8 Å².